The number of H-pyrrole nitrogens is 1. The van der Waals surface area contributed by atoms with E-state index in [0.29, 0.717) is 24.2 Å². The van der Waals surface area contributed by atoms with E-state index in [0.717, 1.165) is 21.4 Å². The molecule has 1 N–H and O–H groups in total. The molecule has 5 nitrogen and oxygen atoms in total. The largest absolute Gasteiger partial charge is 0.427 e. The SMILES string of the molecule is Cc1cc(CCc2c[nH]c3ccccc23)oc(=O)c1C(=O)N1CCCC(F)(F)C1. The highest BCUT2D eigenvalue weighted by Gasteiger charge is 2.38. The Morgan fingerprint density at radius 1 is 1.28 bits per heavy atom. The number of hydrogen-bond acceptors (Lipinski definition) is 3. The van der Waals surface area contributed by atoms with Crippen LogP contribution in [0, 0.1) is 6.92 Å². The van der Waals surface area contributed by atoms with Gasteiger partial charge < -0.3 is 14.3 Å². The molecule has 0 aliphatic carbocycles. The number of alkyl halides is 2. The normalized spacial score (nSPS) is 16.3. The van der Waals surface area contributed by atoms with Crippen LogP contribution in [0.25, 0.3) is 10.9 Å². The number of aryl methyl sites for hydroxylation is 3. The summed E-state index contributed by atoms with van der Waals surface area (Å²) in [6.07, 6.45) is 3.07. The summed E-state index contributed by atoms with van der Waals surface area (Å²) in [5.74, 6) is -3.13. The number of carbonyl (C=O) groups is 1. The second kappa shape index (κ2) is 7.46. The summed E-state index contributed by atoms with van der Waals surface area (Å²) >= 11 is 0. The van der Waals surface area contributed by atoms with E-state index in [-0.39, 0.29) is 24.9 Å². The Kier molecular flexibility index (Phi) is 4.98. The molecule has 1 aliphatic rings. The maximum atomic E-state index is 13.6. The molecule has 0 unspecified atom stereocenters. The number of para-hydroxylation sites is 1. The number of hydrogen-bond donors (Lipinski definition) is 1. The van der Waals surface area contributed by atoms with Crippen LogP contribution in [0.1, 0.15) is 40.1 Å². The van der Waals surface area contributed by atoms with Crippen LogP contribution in [0.5, 0.6) is 0 Å². The Labute approximate surface area is 166 Å². The topological polar surface area (TPSA) is 66.3 Å². The highest BCUT2D eigenvalue weighted by Crippen LogP contribution is 2.27. The van der Waals surface area contributed by atoms with Gasteiger partial charge in [0.1, 0.15) is 11.3 Å². The maximum Gasteiger partial charge on any atom is 0.349 e. The first kappa shape index (κ1) is 19.4. The second-order valence-electron chi connectivity index (χ2n) is 7.60. The van der Waals surface area contributed by atoms with Gasteiger partial charge in [-0.2, -0.15) is 0 Å². The van der Waals surface area contributed by atoms with Gasteiger partial charge in [0.15, 0.2) is 0 Å². The molecular formula is C22H22F2N2O3. The molecule has 3 aromatic rings. The van der Waals surface area contributed by atoms with Gasteiger partial charge in [-0.15, -0.1) is 0 Å². The Balaban J connectivity index is 1.52. The fourth-order valence-corrected chi connectivity index (χ4v) is 3.95. The summed E-state index contributed by atoms with van der Waals surface area (Å²) in [6, 6.07) is 9.60. The number of nitrogens with zero attached hydrogens (tertiary/aromatic N) is 1. The molecular weight excluding hydrogens is 378 g/mol. The van der Waals surface area contributed by atoms with E-state index >= 15 is 0 Å². The van der Waals surface area contributed by atoms with Crippen molar-refractivity contribution in [1.29, 1.82) is 0 Å². The second-order valence-corrected chi connectivity index (χ2v) is 7.60. The third kappa shape index (κ3) is 3.95. The van der Waals surface area contributed by atoms with Crippen molar-refractivity contribution < 1.29 is 18.0 Å². The number of benzene rings is 1. The molecule has 0 saturated carbocycles. The lowest BCUT2D eigenvalue weighted by Gasteiger charge is -2.32. The molecule has 1 fully saturated rings. The summed E-state index contributed by atoms with van der Waals surface area (Å²) in [6.45, 7) is 1.20. The summed E-state index contributed by atoms with van der Waals surface area (Å²) in [5, 5.41) is 1.12. The molecule has 29 heavy (non-hydrogen) atoms. The van der Waals surface area contributed by atoms with Crippen LogP contribution >= 0.6 is 0 Å². The molecule has 3 heterocycles. The molecule has 1 aliphatic heterocycles. The van der Waals surface area contributed by atoms with Crippen LogP contribution in [0.15, 0.2) is 45.7 Å². The lowest BCUT2D eigenvalue weighted by atomic mass is 10.0. The molecule has 7 heteroatoms. The van der Waals surface area contributed by atoms with Crippen molar-refractivity contribution in [3.05, 3.63) is 69.4 Å². The lowest BCUT2D eigenvalue weighted by Crippen LogP contribution is -2.47. The smallest absolute Gasteiger partial charge is 0.349 e. The van der Waals surface area contributed by atoms with Crippen LogP contribution in [-0.4, -0.2) is 34.8 Å². The number of aromatic nitrogens is 1. The predicted octanol–water partition coefficient (Wildman–Crippen LogP) is 4.09. The van der Waals surface area contributed by atoms with Gasteiger partial charge in [0.2, 0.25) is 0 Å². The summed E-state index contributed by atoms with van der Waals surface area (Å²) < 4.78 is 32.7. The average Bonchev–Trinajstić information content (AvgIpc) is 3.08. The van der Waals surface area contributed by atoms with Gasteiger partial charge in [-0.3, -0.25) is 4.79 Å². The van der Waals surface area contributed by atoms with Crippen molar-refractivity contribution in [2.75, 3.05) is 13.1 Å². The van der Waals surface area contributed by atoms with E-state index in [4.69, 9.17) is 4.42 Å². The number of rotatable bonds is 4. The third-order valence-corrected chi connectivity index (χ3v) is 5.41. The lowest BCUT2D eigenvalue weighted by molar-refractivity contribution is -0.0561. The highest BCUT2D eigenvalue weighted by molar-refractivity contribution is 5.95. The summed E-state index contributed by atoms with van der Waals surface area (Å²) in [5.41, 5.74) is 1.68. The van der Waals surface area contributed by atoms with Crippen molar-refractivity contribution in [1.82, 2.24) is 9.88 Å². The number of carbonyl (C=O) groups excluding carboxylic acids is 1. The van der Waals surface area contributed by atoms with Gasteiger partial charge in [0, 0.05) is 36.5 Å². The Morgan fingerprint density at radius 3 is 2.83 bits per heavy atom. The highest BCUT2D eigenvalue weighted by atomic mass is 19.3. The molecule has 1 saturated heterocycles. The fourth-order valence-electron chi connectivity index (χ4n) is 3.95. The first-order valence-corrected chi connectivity index (χ1v) is 9.70. The number of amides is 1. The van der Waals surface area contributed by atoms with Gasteiger partial charge in [0.25, 0.3) is 11.8 Å². The van der Waals surface area contributed by atoms with E-state index in [2.05, 4.69) is 4.98 Å². The van der Waals surface area contributed by atoms with Crippen LogP contribution in [0.4, 0.5) is 8.78 Å². The Bertz CT molecular complexity index is 1120. The van der Waals surface area contributed by atoms with Crippen molar-refractivity contribution in [3.8, 4) is 0 Å². The van der Waals surface area contributed by atoms with E-state index in [1.165, 1.54) is 0 Å². The zero-order valence-corrected chi connectivity index (χ0v) is 16.1. The van der Waals surface area contributed by atoms with Crippen molar-refractivity contribution >= 4 is 16.8 Å². The Morgan fingerprint density at radius 2 is 2.07 bits per heavy atom. The zero-order chi connectivity index (χ0) is 20.6. The molecule has 0 spiro atoms. The molecule has 1 amide bonds. The van der Waals surface area contributed by atoms with Crippen LogP contribution in [0.2, 0.25) is 0 Å². The van der Waals surface area contributed by atoms with Crippen LogP contribution in [-0.2, 0) is 12.8 Å². The first-order chi connectivity index (χ1) is 13.8. The maximum absolute atomic E-state index is 13.6. The van der Waals surface area contributed by atoms with Gasteiger partial charge in [0.05, 0.1) is 6.54 Å². The Hall–Kier alpha value is -2.96. The van der Waals surface area contributed by atoms with E-state index < -0.39 is 24.0 Å². The van der Waals surface area contributed by atoms with Gasteiger partial charge in [-0.25, -0.2) is 13.6 Å². The van der Waals surface area contributed by atoms with Crippen molar-refractivity contribution in [3.63, 3.8) is 0 Å². The number of aromatic amines is 1. The zero-order valence-electron chi connectivity index (χ0n) is 16.1. The molecule has 2 aromatic heterocycles. The predicted molar refractivity (Wildman–Crippen MR) is 106 cm³/mol. The number of nitrogens with one attached hydrogen (secondary N) is 1. The fraction of sp³-hybridized carbons (Fsp3) is 0.364. The monoisotopic (exact) mass is 400 g/mol. The van der Waals surface area contributed by atoms with Crippen molar-refractivity contribution in [2.45, 2.75) is 38.5 Å². The van der Waals surface area contributed by atoms with E-state index in [1.807, 2.05) is 30.5 Å². The van der Waals surface area contributed by atoms with E-state index in [1.54, 1.807) is 13.0 Å². The summed E-state index contributed by atoms with van der Waals surface area (Å²) in [7, 11) is 0. The standard InChI is InChI=1S/C22H22F2N2O3/c1-14-11-16(8-7-15-12-25-18-6-3-2-5-17(15)18)29-21(28)19(14)20(27)26-10-4-9-22(23,24)13-26/h2-3,5-6,11-12,25H,4,7-10,13H2,1H3. The molecule has 0 radical (unpaired) electrons. The molecule has 1 aromatic carbocycles. The number of fused-ring (bicyclic) bond motifs is 1. The number of piperidine rings is 1. The van der Waals surface area contributed by atoms with Crippen LogP contribution < -0.4 is 5.63 Å². The minimum atomic E-state index is -2.92. The quantitative estimate of drug-likeness (QED) is 0.718. The van der Waals surface area contributed by atoms with Gasteiger partial charge in [-0.1, -0.05) is 18.2 Å². The molecule has 0 atom stereocenters. The van der Waals surface area contributed by atoms with Gasteiger partial charge >= 0.3 is 5.63 Å². The minimum Gasteiger partial charge on any atom is -0.427 e. The van der Waals surface area contributed by atoms with Crippen LogP contribution in [0.3, 0.4) is 0 Å². The summed E-state index contributed by atoms with van der Waals surface area (Å²) in [4.78, 5) is 29.4. The van der Waals surface area contributed by atoms with Crippen molar-refractivity contribution in [2.24, 2.45) is 0 Å². The first-order valence-electron chi connectivity index (χ1n) is 9.70. The van der Waals surface area contributed by atoms with E-state index in [9.17, 15) is 18.4 Å². The number of halogens is 2. The molecule has 4 rings (SSSR count). The van der Waals surface area contributed by atoms with Gasteiger partial charge in [-0.05, 0) is 43.0 Å². The molecule has 0 bridgehead atoms. The minimum absolute atomic E-state index is 0.154. The third-order valence-electron chi connectivity index (χ3n) is 5.41. The average molecular weight is 400 g/mol. The molecule has 152 valence electrons. The number of likely N-dealkylation sites (tertiary alicyclic amines) is 1.